The second kappa shape index (κ2) is 11.2. The zero-order valence-electron chi connectivity index (χ0n) is 21.8. The van der Waals surface area contributed by atoms with Gasteiger partial charge in [-0.1, -0.05) is 42.5 Å². The number of para-hydroxylation sites is 2. The lowest BCUT2D eigenvalue weighted by molar-refractivity contribution is -0.139. The van der Waals surface area contributed by atoms with Crippen LogP contribution >= 0.6 is 0 Å². The first-order valence-electron chi connectivity index (χ1n) is 12.1. The van der Waals surface area contributed by atoms with Crippen LogP contribution in [0.4, 0.5) is 11.4 Å². The number of hydrogen-bond donors (Lipinski definition) is 1. The SMILES string of the molecule is COC(=O)C1=C(C(=O)OC)N(c2ccccc2N2CCN(S(C)(=O)=O)CC2)C(N)=C(C#N)C1c1ccccc1. The van der Waals surface area contributed by atoms with Gasteiger partial charge in [0.1, 0.15) is 11.5 Å². The molecule has 11 nitrogen and oxygen atoms in total. The molecular weight excluding hydrogens is 522 g/mol. The number of piperazine rings is 1. The summed E-state index contributed by atoms with van der Waals surface area (Å²) >= 11 is 0. The zero-order chi connectivity index (χ0) is 28.3. The summed E-state index contributed by atoms with van der Waals surface area (Å²) in [6, 6.07) is 18.0. The van der Waals surface area contributed by atoms with E-state index in [1.165, 1.54) is 29.7 Å². The van der Waals surface area contributed by atoms with E-state index in [9.17, 15) is 23.3 Å². The number of carbonyl (C=O) groups is 2. The van der Waals surface area contributed by atoms with Crippen LogP contribution in [0.5, 0.6) is 0 Å². The summed E-state index contributed by atoms with van der Waals surface area (Å²) in [7, 11) is -0.960. The van der Waals surface area contributed by atoms with Gasteiger partial charge < -0.3 is 20.1 Å². The van der Waals surface area contributed by atoms with Gasteiger partial charge >= 0.3 is 11.9 Å². The van der Waals surface area contributed by atoms with Crippen molar-refractivity contribution in [1.82, 2.24) is 4.31 Å². The molecule has 2 aliphatic rings. The van der Waals surface area contributed by atoms with E-state index in [1.54, 1.807) is 54.6 Å². The van der Waals surface area contributed by atoms with Crippen molar-refractivity contribution in [1.29, 1.82) is 5.26 Å². The summed E-state index contributed by atoms with van der Waals surface area (Å²) in [5.74, 6) is -2.66. The highest BCUT2D eigenvalue weighted by atomic mass is 32.2. The third-order valence-corrected chi connectivity index (χ3v) is 8.08. The van der Waals surface area contributed by atoms with Crippen LogP contribution in [0.1, 0.15) is 11.5 Å². The molecule has 0 spiro atoms. The highest BCUT2D eigenvalue weighted by molar-refractivity contribution is 7.88. The number of sulfonamides is 1. The summed E-state index contributed by atoms with van der Waals surface area (Å²) < 4.78 is 35.7. The molecule has 1 unspecified atom stereocenters. The fourth-order valence-corrected chi connectivity index (χ4v) is 5.77. The molecule has 0 bridgehead atoms. The summed E-state index contributed by atoms with van der Waals surface area (Å²) in [5, 5.41) is 10.3. The maximum absolute atomic E-state index is 13.4. The minimum atomic E-state index is -3.34. The van der Waals surface area contributed by atoms with Crippen molar-refractivity contribution < 1.29 is 27.5 Å². The molecule has 204 valence electrons. The van der Waals surface area contributed by atoms with E-state index in [2.05, 4.69) is 6.07 Å². The van der Waals surface area contributed by atoms with Gasteiger partial charge in [0.15, 0.2) is 0 Å². The van der Waals surface area contributed by atoms with Crippen LogP contribution < -0.4 is 15.5 Å². The highest BCUT2D eigenvalue weighted by Crippen LogP contribution is 2.45. The van der Waals surface area contributed by atoms with E-state index in [4.69, 9.17) is 15.2 Å². The fraction of sp³-hybridized carbons (Fsp3) is 0.296. The Balaban J connectivity index is 1.94. The monoisotopic (exact) mass is 551 g/mol. The quantitative estimate of drug-likeness (QED) is 0.526. The predicted molar refractivity (Wildman–Crippen MR) is 145 cm³/mol. The molecule has 2 aromatic carbocycles. The van der Waals surface area contributed by atoms with Crippen LogP contribution in [0, 0.1) is 11.3 Å². The third-order valence-electron chi connectivity index (χ3n) is 6.78. The van der Waals surface area contributed by atoms with Gasteiger partial charge in [-0.25, -0.2) is 18.0 Å². The molecule has 2 heterocycles. The maximum Gasteiger partial charge on any atom is 0.355 e. The van der Waals surface area contributed by atoms with Gasteiger partial charge in [0.2, 0.25) is 10.0 Å². The summed E-state index contributed by atoms with van der Waals surface area (Å²) in [4.78, 5) is 30.0. The number of benzene rings is 2. The summed E-state index contributed by atoms with van der Waals surface area (Å²) in [6.07, 6.45) is 1.17. The largest absolute Gasteiger partial charge is 0.466 e. The smallest absolute Gasteiger partial charge is 0.355 e. The molecule has 1 saturated heterocycles. The number of rotatable bonds is 6. The first kappa shape index (κ1) is 27.7. The Hall–Kier alpha value is -4.34. The van der Waals surface area contributed by atoms with Crippen molar-refractivity contribution in [3.05, 3.63) is 82.8 Å². The van der Waals surface area contributed by atoms with Gasteiger partial charge in [-0.15, -0.1) is 0 Å². The second-order valence-corrected chi connectivity index (χ2v) is 11.0. The van der Waals surface area contributed by atoms with Gasteiger partial charge in [-0.2, -0.15) is 9.57 Å². The van der Waals surface area contributed by atoms with E-state index in [0.29, 0.717) is 30.0 Å². The number of methoxy groups -OCH3 is 2. The Kier molecular flexibility index (Phi) is 7.94. The molecule has 0 aromatic heterocycles. The average molecular weight is 552 g/mol. The van der Waals surface area contributed by atoms with E-state index in [1.807, 2.05) is 4.90 Å². The molecule has 2 aromatic rings. The molecule has 1 atom stereocenters. The van der Waals surface area contributed by atoms with E-state index < -0.39 is 27.9 Å². The van der Waals surface area contributed by atoms with Crippen LogP contribution in [-0.2, 0) is 29.1 Å². The molecule has 2 N–H and O–H groups in total. The van der Waals surface area contributed by atoms with Gasteiger partial charge in [-0.05, 0) is 17.7 Å². The molecular formula is C27H29N5O6S. The first-order valence-corrected chi connectivity index (χ1v) is 13.9. The van der Waals surface area contributed by atoms with E-state index in [0.717, 1.165) is 0 Å². The lowest BCUT2D eigenvalue weighted by atomic mass is 9.81. The molecule has 0 amide bonds. The van der Waals surface area contributed by atoms with Crippen LogP contribution in [0.25, 0.3) is 0 Å². The number of esters is 2. The van der Waals surface area contributed by atoms with Crippen LogP contribution in [0.2, 0.25) is 0 Å². The van der Waals surface area contributed by atoms with Crippen molar-refractivity contribution in [3.63, 3.8) is 0 Å². The van der Waals surface area contributed by atoms with Crippen molar-refractivity contribution >= 4 is 33.3 Å². The lowest BCUT2D eigenvalue weighted by Crippen LogP contribution is -2.49. The normalized spacial score (nSPS) is 18.6. The molecule has 4 rings (SSSR count). The van der Waals surface area contributed by atoms with E-state index >= 15 is 0 Å². The Labute approximate surface area is 227 Å². The molecule has 39 heavy (non-hydrogen) atoms. The second-order valence-electron chi connectivity index (χ2n) is 8.97. The highest BCUT2D eigenvalue weighted by Gasteiger charge is 2.43. The third kappa shape index (κ3) is 5.19. The number of nitriles is 1. The number of nitrogens with zero attached hydrogens (tertiary/aromatic N) is 4. The molecule has 2 aliphatic heterocycles. The van der Waals surface area contributed by atoms with Crippen LogP contribution in [0.3, 0.4) is 0 Å². The van der Waals surface area contributed by atoms with Gasteiger partial charge in [0, 0.05) is 26.2 Å². The summed E-state index contributed by atoms with van der Waals surface area (Å²) in [6.45, 7) is 1.29. The number of hydrogen-bond acceptors (Lipinski definition) is 10. The maximum atomic E-state index is 13.4. The van der Waals surface area contributed by atoms with Crippen molar-refractivity contribution in [3.8, 4) is 6.07 Å². The Morgan fingerprint density at radius 3 is 2.03 bits per heavy atom. The number of carbonyl (C=O) groups excluding carboxylic acids is 2. The number of anilines is 2. The summed E-state index contributed by atoms with van der Waals surface area (Å²) in [5.41, 5.74) is 8.07. The minimum absolute atomic E-state index is 0.0402. The average Bonchev–Trinajstić information content (AvgIpc) is 2.95. The van der Waals surface area contributed by atoms with Gasteiger partial charge in [0.05, 0.1) is 55.0 Å². The van der Waals surface area contributed by atoms with Crippen molar-refractivity contribution in [2.45, 2.75) is 5.92 Å². The minimum Gasteiger partial charge on any atom is -0.466 e. The van der Waals surface area contributed by atoms with Crippen LogP contribution in [-0.4, -0.2) is 71.3 Å². The Morgan fingerprint density at radius 2 is 1.49 bits per heavy atom. The number of ether oxygens (including phenoxy) is 2. The predicted octanol–water partition coefficient (Wildman–Crippen LogP) is 1.67. The fourth-order valence-electron chi connectivity index (χ4n) is 4.94. The van der Waals surface area contributed by atoms with Gasteiger partial charge in [0.25, 0.3) is 0 Å². The standard InChI is InChI=1S/C27H29N5O6S/c1-37-26(33)23-22(18-9-5-4-6-10-18)19(17-28)25(29)32(24(23)27(34)38-2)21-12-8-7-11-20(21)30-13-15-31(16-14-30)39(3,35)36/h4-12,22H,13-16,29H2,1-3H3. The Morgan fingerprint density at radius 1 is 0.923 bits per heavy atom. The van der Waals surface area contributed by atoms with E-state index in [-0.39, 0.29) is 35.8 Å². The zero-order valence-corrected chi connectivity index (χ0v) is 22.6. The lowest BCUT2D eigenvalue weighted by Gasteiger charge is -2.40. The number of allylic oxidation sites excluding steroid dienone is 1. The molecule has 12 heteroatoms. The Bertz CT molecular complexity index is 1490. The topological polar surface area (TPSA) is 146 Å². The van der Waals surface area contributed by atoms with Gasteiger partial charge in [-0.3, -0.25) is 4.90 Å². The first-order chi connectivity index (χ1) is 18.6. The van der Waals surface area contributed by atoms with Crippen molar-refractivity contribution in [2.75, 3.05) is 56.5 Å². The molecule has 0 saturated carbocycles. The molecule has 1 fully saturated rings. The molecule has 0 aliphatic carbocycles. The molecule has 0 radical (unpaired) electrons. The van der Waals surface area contributed by atoms with Crippen LogP contribution in [0.15, 0.2) is 77.3 Å². The number of nitrogens with two attached hydrogens (primary N) is 1. The van der Waals surface area contributed by atoms with Crippen molar-refractivity contribution in [2.24, 2.45) is 5.73 Å².